The molecule has 2 heterocycles. The fourth-order valence-corrected chi connectivity index (χ4v) is 9.90. The van der Waals surface area contributed by atoms with Crippen LogP contribution in [0.15, 0.2) is 36.4 Å². The number of benzene rings is 2. The third-order valence-corrected chi connectivity index (χ3v) is 11.5. The van der Waals surface area contributed by atoms with Crippen LogP contribution in [0.2, 0.25) is 0 Å². The number of methoxy groups -OCH3 is 2. The van der Waals surface area contributed by atoms with E-state index in [1.165, 1.54) is 36.9 Å². The SMILES string of the molecule is COc1ccc2c3c1O[C@H]1[C@@]4(OC)CC[C@@]5(C[C@@H]4COCc4cccc(N)c4)[C@@H](C2)N(CC2CC2)CC[C@]315. The van der Waals surface area contributed by atoms with Crippen LogP contribution in [0.3, 0.4) is 0 Å². The summed E-state index contributed by atoms with van der Waals surface area (Å²) >= 11 is 0. The number of hydrogen-bond donors (Lipinski definition) is 1. The van der Waals surface area contributed by atoms with Crippen LogP contribution >= 0.6 is 0 Å². The molecule has 6 atom stereocenters. The Labute approximate surface area is 225 Å². The van der Waals surface area contributed by atoms with Crippen LogP contribution in [0.25, 0.3) is 0 Å². The molecule has 6 nitrogen and oxygen atoms in total. The smallest absolute Gasteiger partial charge is 0.165 e. The fourth-order valence-electron chi connectivity index (χ4n) is 9.90. The number of fused-ring (bicyclic) bond motifs is 2. The number of rotatable bonds is 8. The number of anilines is 1. The fraction of sp³-hybridized carbons (Fsp3) is 0.625. The van der Waals surface area contributed by atoms with Gasteiger partial charge in [-0.05, 0) is 86.7 Å². The number of hydrogen-bond acceptors (Lipinski definition) is 6. The minimum absolute atomic E-state index is 0.000560. The maximum absolute atomic E-state index is 7.12. The lowest BCUT2D eigenvalue weighted by Gasteiger charge is -2.74. The zero-order valence-electron chi connectivity index (χ0n) is 22.7. The summed E-state index contributed by atoms with van der Waals surface area (Å²) in [6, 6.07) is 13.1. The van der Waals surface area contributed by atoms with E-state index in [2.05, 4.69) is 23.1 Å². The zero-order valence-corrected chi connectivity index (χ0v) is 22.7. The summed E-state index contributed by atoms with van der Waals surface area (Å²) < 4.78 is 26.1. The molecule has 2 N–H and O–H groups in total. The van der Waals surface area contributed by atoms with Crippen LogP contribution in [0, 0.1) is 17.3 Å². The third-order valence-electron chi connectivity index (χ3n) is 11.5. The molecule has 2 aromatic carbocycles. The van der Waals surface area contributed by atoms with E-state index in [4.69, 9.17) is 24.7 Å². The van der Waals surface area contributed by atoms with Gasteiger partial charge in [-0.2, -0.15) is 0 Å². The van der Waals surface area contributed by atoms with Crippen molar-refractivity contribution >= 4 is 5.69 Å². The molecule has 5 fully saturated rings. The summed E-state index contributed by atoms with van der Waals surface area (Å²) in [6.45, 7) is 3.67. The second-order valence-electron chi connectivity index (χ2n) is 13.0. The first kappa shape index (κ1) is 23.6. The number of nitrogens with zero attached hydrogens (tertiary/aromatic N) is 1. The van der Waals surface area contributed by atoms with Crippen LogP contribution in [-0.4, -0.2) is 56.6 Å². The highest BCUT2D eigenvalue weighted by molar-refractivity contribution is 5.63. The number of likely N-dealkylation sites (tertiary alicyclic amines) is 1. The molecule has 0 aromatic heterocycles. The number of nitrogen functional groups attached to an aromatic ring is 1. The molecule has 202 valence electrons. The van der Waals surface area contributed by atoms with Gasteiger partial charge in [0.05, 0.1) is 20.3 Å². The largest absolute Gasteiger partial charge is 0.493 e. The van der Waals surface area contributed by atoms with E-state index in [0.717, 1.165) is 60.9 Å². The number of ether oxygens (including phenoxy) is 4. The van der Waals surface area contributed by atoms with E-state index in [0.29, 0.717) is 19.3 Å². The molecular weight excluding hydrogens is 476 g/mol. The lowest BCUT2D eigenvalue weighted by molar-refractivity contribution is -0.283. The van der Waals surface area contributed by atoms with Gasteiger partial charge in [-0.1, -0.05) is 18.2 Å². The number of nitrogens with two attached hydrogens (primary N) is 1. The lowest BCUT2D eigenvalue weighted by atomic mass is 9.35. The van der Waals surface area contributed by atoms with Crippen molar-refractivity contribution in [1.29, 1.82) is 0 Å². The highest BCUT2D eigenvalue weighted by Crippen LogP contribution is 2.76. The summed E-state index contributed by atoms with van der Waals surface area (Å²) in [6.07, 6.45) is 8.44. The molecule has 2 aliphatic heterocycles. The molecule has 2 aromatic rings. The van der Waals surface area contributed by atoms with E-state index in [1.807, 2.05) is 25.3 Å². The van der Waals surface area contributed by atoms with Gasteiger partial charge in [0.1, 0.15) is 11.7 Å². The molecular formula is C32H40N2O4. The second kappa shape index (κ2) is 8.12. The van der Waals surface area contributed by atoms with E-state index < -0.39 is 0 Å². The summed E-state index contributed by atoms with van der Waals surface area (Å²) in [5.74, 6) is 3.05. The Morgan fingerprint density at radius 1 is 1.11 bits per heavy atom. The van der Waals surface area contributed by atoms with Crippen molar-refractivity contribution in [3.05, 3.63) is 53.1 Å². The van der Waals surface area contributed by atoms with Crippen LogP contribution in [-0.2, 0) is 27.9 Å². The van der Waals surface area contributed by atoms with Crippen LogP contribution < -0.4 is 15.2 Å². The third kappa shape index (κ3) is 2.89. The molecule has 1 saturated heterocycles. The monoisotopic (exact) mass is 516 g/mol. The van der Waals surface area contributed by atoms with Gasteiger partial charge in [-0.3, -0.25) is 4.90 Å². The molecule has 4 saturated carbocycles. The Morgan fingerprint density at radius 2 is 2.00 bits per heavy atom. The zero-order chi connectivity index (χ0) is 25.7. The summed E-state index contributed by atoms with van der Waals surface area (Å²) in [4.78, 5) is 2.89. The van der Waals surface area contributed by atoms with Crippen molar-refractivity contribution < 1.29 is 18.9 Å². The van der Waals surface area contributed by atoms with Crippen molar-refractivity contribution in [2.24, 2.45) is 17.3 Å². The first-order chi connectivity index (χ1) is 18.5. The van der Waals surface area contributed by atoms with Crippen molar-refractivity contribution in [3.8, 4) is 11.5 Å². The average molecular weight is 517 g/mol. The highest BCUT2D eigenvalue weighted by atomic mass is 16.6. The maximum Gasteiger partial charge on any atom is 0.165 e. The molecule has 4 bridgehead atoms. The van der Waals surface area contributed by atoms with Crippen LogP contribution in [0.4, 0.5) is 5.69 Å². The predicted octanol–water partition coefficient (Wildman–Crippen LogP) is 4.72. The molecule has 0 amide bonds. The normalized spacial score (nSPS) is 38.1. The van der Waals surface area contributed by atoms with E-state index in [-0.39, 0.29) is 28.5 Å². The maximum atomic E-state index is 7.12. The second-order valence-corrected chi connectivity index (χ2v) is 13.0. The Balaban J connectivity index is 1.21. The van der Waals surface area contributed by atoms with Crippen molar-refractivity contribution in [3.63, 3.8) is 0 Å². The molecule has 0 unspecified atom stereocenters. The molecule has 6 heteroatoms. The molecule has 5 aliphatic carbocycles. The van der Waals surface area contributed by atoms with Crippen molar-refractivity contribution in [2.75, 3.05) is 39.6 Å². The van der Waals surface area contributed by atoms with Crippen molar-refractivity contribution in [1.82, 2.24) is 4.90 Å². The summed E-state index contributed by atoms with van der Waals surface area (Å²) in [5.41, 5.74) is 10.7. The lowest BCUT2D eigenvalue weighted by Crippen LogP contribution is -2.81. The molecule has 9 rings (SSSR count). The quantitative estimate of drug-likeness (QED) is 0.513. The van der Waals surface area contributed by atoms with Gasteiger partial charge in [0.25, 0.3) is 0 Å². The number of piperidine rings is 1. The molecule has 7 aliphatic rings. The van der Waals surface area contributed by atoms with Gasteiger partial charge in [-0.15, -0.1) is 0 Å². The Bertz CT molecular complexity index is 1280. The van der Waals surface area contributed by atoms with Gasteiger partial charge >= 0.3 is 0 Å². The van der Waals surface area contributed by atoms with E-state index in [9.17, 15) is 0 Å². The van der Waals surface area contributed by atoms with E-state index in [1.54, 1.807) is 7.11 Å². The summed E-state index contributed by atoms with van der Waals surface area (Å²) in [5, 5.41) is 0. The Morgan fingerprint density at radius 3 is 2.79 bits per heavy atom. The van der Waals surface area contributed by atoms with Gasteiger partial charge in [0.15, 0.2) is 11.5 Å². The van der Waals surface area contributed by atoms with Crippen LogP contribution in [0.5, 0.6) is 11.5 Å². The topological polar surface area (TPSA) is 66.2 Å². The Hall–Kier alpha value is -2.28. The standard InChI is InChI=1S/C32H40N2O4/c1-35-25-9-8-22-15-26-30-10-11-32(36-2,23(16-30)19-37-18-21-4-3-5-24(33)14-21)29-31(30,27(22)28(25)38-29)12-13-34(26)17-20-6-7-20/h3-5,8-9,14,20,23,26,29H,6-7,10-13,15-19,33H2,1-2H3/t23-,26-,29-,30-,31+,32-/m1/s1. The molecule has 2 spiro atoms. The molecule has 38 heavy (non-hydrogen) atoms. The van der Waals surface area contributed by atoms with Gasteiger partial charge in [0, 0.05) is 47.7 Å². The first-order valence-electron chi connectivity index (χ1n) is 14.6. The average Bonchev–Trinajstić information content (AvgIpc) is 3.67. The molecule has 0 radical (unpaired) electrons. The minimum atomic E-state index is -0.362. The Kier molecular flexibility index (Phi) is 5.04. The minimum Gasteiger partial charge on any atom is -0.493 e. The van der Waals surface area contributed by atoms with Crippen molar-refractivity contribution in [2.45, 2.75) is 74.7 Å². The van der Waals surface area contributed by atoms with Gasteiger partial charge in [0.2, 0.25) is 0 Å². The predicted molar refractivity (Wildman–Crippen MR) is 146 cm³/mol. The van der Waals surface area contributed by atoms with Gasteiger partial charge < -0.3 is 24.7 Å². The van der Waals surface area contributed by atoms with E-state index >= 15 is 0 Å². The highest BCUT2D eigenvalue weighted by Gasteiger charge is 2.80. The van der Waals surface area contributed by atoms with Gasteiger partial charge in [-0.25, -0.2) is 0 Å². The summed E-state index contributed by atoms with van der Waals surface area (Å²) in [7, 11) is 3.68. The van der Waals surface area contributed by atoms with Crippen LogP contribution in [0.1, 0.15) is 55.2 Å². The first-order valence-corrected chi connectivity index (χ1v) is 14.6.